The van der Waals surface area contributed by atoms with Gasteiger partial charge in [-0.25, -0.2) is 0 Å². The standard InChI is InChI=1S/C15H16ClNO2/c1-2-17(10-14-7-4-8-19-14)11-15(18)12-5-3-6-13(16)9-12/h3-9H,2,10-11H2,1H3. The summed E-state index contributed by atoms with van der Waals surface area (Å²) in [6.45, 7) is 3.80. The molecule has 0 N–H and O–H groups in total. The Morgan fingerprint density at radius 2 is 2.16 bits per heavy atom. The van der Waals surface area contributed by atoms with Gasteiger partial charge in [0.1, 0.15) is 5.76 Å². The second kappa shape index (κ2) is 6.55. The van der Waals surface area contributed by atoms with Gasteiger partial charge in [-0.15, -0.1) is 0 Å². The molecule has 1 heterocycles. The Hall–Kier alpha value is -1.58. The molecule has 2 aromatic rings. The first-order valence-electron chi connectivity index (χ1n) is 6.22. The van der Waals surface area contributed by atoms with Gasteiger partial charge in [-0.05, 0) is 30.8 Å². The van der Waals surface area contributed by atoms with E-state index in [2.05, 4.69) is 0 Å². The molecule has 3 nitrogen and oxygen atoms in total. The third-order valence-electron chi connectivity index (χ3n) is 2.92. The monoisotopic (exact) mass is 277 g/mol. The van der Waals surface area contributed by atoms with Crippen LogP contribution in [0.3, 0.4) is 0 Å². The minimum Gasteiger partial charge on any atom is -0.468 e. The average molecular weight is 278 g/mol. The lowest BCUT2D eigenvalue weighted by atomic mass is 10.1. The lowest BCUT2D eigenvalue weighted by Gasteiger charge is -2.18. The van der Waals surface area contributed by atoms with Gasteiger partial charge in [-0.1, -0.05) is 30.7 Å². The van der Waals surface area contributed by atoms with Crippen LogP contribution in [0.5, 0.6) is 0 Å². The number of hydrogen-bond acceptors (Lipinski definition) is 3. The highest BCUT2D eigenvalue weighted by atomic mass is 35.5. The van der Waals surface area contributed by atoms with Crippen molar-refractivity contribution in [1.29, 1.82) is 0 Å². The normalized spacial score (nSPS) is 10.9. The zero-order chi connectivity index (χ0) is 13.7. The average Bonchev–Trinajstić information content (AvgIpc) is 2.90. The van der Waals surface area contributed by atoms with Crippen LogP contribution in [0.25, 0.3) is 0 Å². The fourth-order valence-corrected chi connectivity index (χ4v) is 2.05. The molecule has 4 heteroatoms. The number of ketones is 1. The van der Waals surface area contributed by atoms with Gasteiger partial charge in [0.15, 0.2) is 5.78 Å². The maximum atomic E-state index is 12.2. The number of rotatable bonds is 6. The molecule has 1 aromatic carbocycles. The minimum atomic E-state index is 0.0657. The van der Waals surface area contributed by atoms with E-state index >= 15 is 0 Å². The molecule has 1 aromatic heterocycles. The SMILES string of the molecule is CCN(CC(=O)c1cccc(Cl)c1)Cc1ccco1. The number of carbonyl (C=O) groups excluding carboxylic acids is 1. The number of furan rings is 1. The second-order valence-electron chi connectivity index (χ2n) is 4.32. The lowest BCUT2D eigenvalue weighted by Crippen LogP contribution is -2.29. The summed E-state index contributed by atoms with van der Waals surface area (Å²) in [7, 11) is 0. The molecule has 0 aliphatic carbocycles. The molecule has 0 atom stereocenters. The summed E-state index contributed by atoms with van der Waals surface area (Å²) in [4.78, 5) is 14.2. The van der Waals surface area contributed by atoms with E-state index in [9.17, 15) is 4.79 Å². The first kappa shape index (κ1) is 13.8. The molecular formula is C15H16ClNO2. The highest BCUT2D eigenvalue weighted by Crippen LogP contribution is 2.12. The zero-order valence-electron chi connectivity index (χ0n) is 10.8. The van der Waals surface area contributed by atoms with Gasteiger partial charge >= 0.3 is 0 Å². The number of Topliss-reactive ketones (excluding diaryl/α,β-unsaturated/α-hetero) is 1. The number of halogens is 1. The van der Waals surface area contributed by atoms with Crippen LogP contribution in [0.1, 0.15) is 23.0 Å². The van der Waals surface area contributed by atoms with Crippen LogP contribution >= 0.6 is 11.6 Å². The van der Waals surface area contributed by atoms with E-state index in [0.717, 1.165) is 12.3 Å². The van der Waals surface area contributed by atoms with E-state index in [1.165, 1.54) is 0 Å². The summed E-state index contributed by atoms with van der Waals surface area (Å²) in [6, 6.07) is 10.8. The third-order valence-corrected chi connectivity index (χ3v) is 3.16. The van der Waals surface area contributed by atoms with Crippen LogP contribution in [0.15, 0.2) is 47.1 Å². The summed E-state index contributed by atoms with van der Waals surface area (Å²) in [5.74, 6) is 0.927. The fourth-order valence-electron chi connectivity index (χ4n) is 1.86. The third kappa shape index (κ3) is 3.94. The van der Waals surface area contributed by atoms with Crippen LogP contribution in [0, 0.1) is 0 Å². The first-order chi connectivity index (χ1) is 9.19. The van der Waals surface area contributed by atoms with Crippen LogP contribution in [-0.4, -0.2) is 23.8 Å². The Bertz CT molecular complexity index is 537. The predicted octanol–water partition coefficient (Wildman–Crippen LogP) is 3.64. The van der Waals surface area contributed by atoms with Crippen molar-refractivity contribution in [1.82, 2.24) is 4.90 Å². The highest BCUT2D eigenvalue weighted by Gasteiger charge is 2.13. The van der Waals surface area contributed by atoms with Gasteiger partial charge < -0.3 is 4.42 Å². The zero-order valence-corrected chi connectivity index (χ0v) is 11.6. The topological polar surface area (TPSA) is 33.5 Å². The van der Waals surface area contributed by atoms with Crippen molar-refractivity contribution in [3.63, 3.8) is 0 Å². The van der Waals surface area contributed by atoms with Crippen molar-refractivity contribution in [2.24, 2.45) is 0 Å². The van der Waals surface area contributed by atoms with E-state index in [1.54, 1.807) is 30.5 Å². The molecule has 2 rings (SSSR count). The van der Waals surface area contributed by atoms with Gasteiger partial charge in [0.2, 0.25) is 0 Å². The maximum absolute atomic E-state index is 12.2. The quantitative estimate of drug-likeness (QED) is 0.756. The number of likely N-dealkylation sites (N-methyl/N-ethyl adjacent to an activating group) is 1. The van der Waals surface area contributed by atoms with Crippen LogP contribution in [0.2, 0.25) is 5.02 Å². The molecule has 0 amide bonds. The van der Waals surface area contributed by atoms with Gasteiger partial charge in [-0.3, -0.25) is 9.69 Å². The van der Waals surface area contributed by atoms with E-state index in [0.29, 0.717) is 23.7 Å². The molecule has 0 saturated carbocycles. The van der Waals surface area contributed by atoms with E-state index < -0.39 is 0 Å². The molecule has 0 saturated heterocycles. The molecule has 19 heavy (non-hydrogen) atoms. The maximum Gasteiger partial charge on any atom is 0.176 e. The summed E-state index contributed by atoms with van der Waals surface area (Å²) >= 11 is 5.89. The molecule has 0 unspecified atom stereocenters. The van der Waals surface area contributed by atoms with Crippen LogP contribution < -0.4 is 0 Å². The van der Waals surface area contributed by atoms with Crippen LogP contribution in [0.4, 0.5) is 0 Å². The fraction of sp³-hybridized carbons (Fsp3) is 0.267. The smallest absolute Gasteiger partial charge is 0.176 e. The molecule has 0 fully saturated rings. The molecule has 100 valence electrons. The molecular weight excluding hydrogens is 262 g/mol. The van der Waals surface area contributed by atoms with E-state index in [4.69, 9.17) is 16.0 Å². The van der Waals surface area contributed by atoms with Gasteiger partial charge in [0.25, 0.3) is 0 Å². The molecule has 0 spiro atoms. The number of benzene rings is 1. The summed E-state index contributed by atoms with van der Waals surface area (Å²) in [6.07, 6.45) is 1.64. The molecule has 0 bridgehead atoms. The Labute approximate surface area is 117 Å². The van der Waals surface area contributed by atoms with Crippen molar-refractivity contribution in [3.8, 4) is 0 Å². The van der Waals surface area contributed by atoms with Crippen molar-refractivity contribution in [2.75, 3.05) is 13.1 Å². The Kier molecular flexibility index (Phi) is 4.77. The van der Waals surface area contributed by atoms with Crippen LogP contribution in [-0.2, 0) is 6.54 Å². The predicted molar refractivity (Wildman–Crippen MR) is 75.4 cm³/mol. The Balaban J connectivity index is 2.00. The Morgan fingerprint density at radius 3 is 2.79 bits per heavy atom. The lowest BCUT2D eigenvalue weighted by molar-refractivity contribution is 0.0925. The van der Waals surface area contributed by atoms with Crippen molar-refractivity contribution in [2.45, 2.75) is 13.5 Å². The van der Waals surface area contributed by atoms with Crippen molar-refractivity contribution < 1.29 is 9.21 Å². The summed E-state index contributed by atoms with van der Waals surface area (Å²) in [5.41, 5.74) is 0.644. The van der Waals surface area contributed by atoms with Crippen molar-refractivity contribution in [3.05, 3.63) is 59.0 Å². The largest absolute Gasteiger partial charge is 0.468 e. The number of carbonyl (C=O) groups is 1. The highest BCUT2D eigenvalue weighted by molar-refractivity contribution is 6.31. The number of nitrogens with zero attached hydrogens (tertiary/aromatic N) is 1. The number of hydrogen-bond donors (Lipinski definition) is 0. The molecule has 0 aliphatic heterocycles. The Morgan fingerprint density at radius 1 is 1.32 bits per heavy atom. The summed E-state index contributed by atoms with van der Waals surface area (Å²) < 4.78 is 5.30. The minimum absolute atomic E-state index is 0.0657. The summed E-state index contributed by atoms with van der Waals surface area (Å²) in [5, 5.41) is 0.583. The van der Waals surface area contributed by atoms with Gasteiger partial charge in [0.05, 0.1) is 19.4 Å². The molecule has 0 aliphatic rings. The van der Waals surface area contributed by atoms with Crippen molar-refractivity contribution >= 4 is 17.4 Å². The van der Waals surface area contributed by atoms with E-state index in [1.807, 2.05) is 24.0 Å². The second-order valence-corrected chi connectivity index (χ2v) is 4.75. The van der Waals surface area contributed by atoms with Gasteiger partial charge in [-0.2, -0.15) is 0 Å². The van der Waals surface area contributed by atoms with Gasteiger partial charge in [0, 0.05) is 10.6 Å². The van der Waals surface area contributed by atoms with E-state index in [-0.39, 0.29) is 5.78 Å². The molecule has 0 radical (unpaired) electrons. The first-order valence-corrected chi connectivity index (χ1v) is 6.60.